The minimum absolute atomic E-state index is 0.102. The number of alkyl halides is 3. The van der Waals surface area contributed by atoms with Gasteiger partial charge >= 0.3 is 6.18 Å². The molecule has 0 saturated heterocycles. The Morgan fingerprint density at radius 1 is 1.20 bits per heavy atom. The van der Waals surface area contributed by atoms with Gasteiger partial charge in [-0.2, -0.15) is 18.3 Å². The smallest absolute Gasteiger partial charge is 0.272 e. The molecule has 1 atom stereocenters. The fraction of sp³-hybridized carbons (Fsp3) is 0.429. The summed E-state index contributed by atoms with van der Waals surface area (Å²) < 4.78 is 37.5. The number of rotatable bonds is 2. The molecule has 0 saturated carbocycles. The third kappa shape index (κ3) is 2.55. The van der Waals surface area contributed by atoms with Crippen molar-refractivity contribution < 1.29 is 18.0 Å². The van der Waals surface area contributed by atoms with Crippen molar-refractivity contribution in [3.05, 3.63) is 29.8 Å². The van der Waals surface area contributed by atoms with Crippen molar-refractivity contribution >= 4 is 17.3 Å². The first-order valence-corrected chi connectivity index (χ1v) is 6.28. The lowest BCUT2D eigenvalue weighted by atomic mass is 9.92. The van der Waals surface area contributed by atoms with Crippen molar-refractivity contribution in [3.63, 3.8) is 0 Å². The predicted octanol–water partition coefficient (Wildman–Crippen LogP) is 3.70. The molecule has 1 aliphatic heterocycles. The Hall–Kier alpha value is -1.85. The van der Waals surface area contributed by atoms with E-state index < -0.39 is 11.7 Å². The minimum atomic E-state index is -4.38. The van der Waals surface area contributed by atoms with Gasteiger partial charge < -0.3 is 0 Å². The Labute approximate surface area is 115 Å². The topological polar surface area (TPSA) is 32.7 Å². The number of halogens is 3. The zero-order chi connectivity index (χ0) is 15.1. The molecule has 0 radical (unpaired) electrons. The van der Waals surface area contributed by atoms with Crippen LogP contribution in [0.2, 0.25) is 0 Å². The van der Waals surface area contributed by atoms with E-state index in [-0.39, 0.29) is 17.7 Å². The van der Waals surface area contributed by atoms with Crippen molar-refractivity contribution in [1.29, 1.82) is 0 Å². The number of hydrogen-bond donors (Lipinski definition) is 0. The van der Waals surface area contributed by atoms with Crippen LogP contribution in [-0.2, 0) is 11.0 Å². The second-order valence-electron chi connectivity index (χ2n) is 5.16. The largest absolute Gasteiger partial charge is 0.416 e. The predicted molar refractivity (Wildman–Crippen MR) is 70.4 cm³/mol. The van der Waals surface area contributed by atoms with E-state index in [4.69, 9.17) is 0 Å². The molecule has 1 aromatic carbocycles. The average Bonchev–Trinajstić information content (AvgIpc) is 2.64. The van der Waals surface area contributed by atoms with Crippen LogP contribution < -0.4 is 5.01 Å². The highest BCUT2D eigenvalue weighted by molar-refractivity contribution is 6.14. The molecule has 1 amide bonds. The van der Waals surface area contributed by atoms with E-state index in [1.165, 1.54) is 17.1 Å². The highest BCUT2D eigenvalue weighted by atomic mass is 19.4. The van der Waals surface area contributed by atoms with Crippen molar-refractivity contribution in [1.82, 2.24) is 0 Å². The number of nitrogens with zero attached hydrogens (tertiary/aromatic N) is 2. The summed E-state index contributed by atoms with van der Waals surface area (Å²) in [4.78, 5) is 12.2. The summed E-state index contributed by atoms with van der Waals surface area (Å²) >= 11 is 0. The highest BCUT2D eigenvalue weighted by Crippen LogP contribution is 2.32. The molecule has 20 heavy (non-hydrogen) atoms. The monoisotopic (exact) mass is 284 g/mol. The van der Waals surface area contributed by atoms with Gasteiger partial charge in [0.15, 0.2) is 0 Å². The lowest BCUT2D eigenvalue weighted by Crippen LogP contribution is -2.30. The molecule has 0 N–H and O–H groups in total. The van der Waals surface area contributed by atoms with Gasteiger partial charge in [0, 0.05) is 5.71 Å². The third-order valence-corrected chi connectivity index (χ3v) is 3.29. The minimum Gasteiger partial charge on any atom is -0.272 e. The number of hydrazone groups is 1. The fourth-order valence-electron chi connectivity index (χ4n) is 2.32. The van der Waals surface area contributed by atoms with Crippen LogP contribution in [0.4, 0.5) is 18.9 Å². The van der Waals surface area contributed by atoms with E-state index in [2.05, 4.69) is 5.10 Å². The van der Waals surface area contributed by atoms with Crippen LogP contribution in [0, 0.1) is 11.8 Å². The molecule has 1 unspecified atom stereocenters. The third-order valence-electron chi connectivity index (χ3n) is 3.29. The zero-order valence-electron chi connectivity index (χ0n) is 11.4. The molecule has 0 aliphatic carbocycles. The number of hydrogen-bond acceptors (Lipinski definition) is 2. The quantitative estimate of drug-likeness (QED) is 0.815. The maximum atomic E-state index is 12.5. The summed E-state index contributed by atoms with van der Waals surface area (Å²) in [6.07, 6.45) is -4.38. The van der Waals surface area contributed by atoms with Gasteiger partial charge in [-0.05, 0) is 37.1 Å². The highest BCUT2D eigenvalue weighted by Gasteiger charge is 2.37. The summed E-state index contributed by atoms with van der Waals surface area (Å²) in [5.41, 5.74) is 0.296. The first-order valence-electron chi connectivity index (χ1n) is 6.28. The Kier molecular flexibility index (Phi) is 3.58. The van der Waals surface area contributed by atoms with E-state index in [9.17, 15) is 18.0 Å². The van der Waals surface area contributed by atoms with E-state index >= 15 is 0 Å². The van der Waals surface area contributed by atoms with Crippen LogP contribution in [-0.4, -0.2) is 11.6 Å². The Bertz CT molecular complexity index is 547. The van der Waals surface area contributed by atoms with Crippen molar-refractivity contribution in [2.45, 2.75) is 26.9 Å². The molecule has 1 aromatic rings. The molecule has 2 rings (SSSR count). The molecule has 0 fully saturated rings. The van der Waals surface area contributed by atoms with Gasteiger partial charge in [0.05, 0.1) is 17.2 Å². The maximum Gasteiger partial charge on any atom is 0.416 e. The molecule has 0 bridgehead atoms. The molecule has 0 aromatic heterocycles. The molecule has 1 aliphatic rings. The Morgan fingerprint density at radius 3 is 2.15 bits per heavy atom. The van der Waals surface area contributed by atoms with E-state index in [1.54, 1.807) is 6.92 Å². The standard InChI is InChI=1S/C14H15F3N2O/c1-8(2)12-9(3)18-19(13(12)20)11-6-4-10(5-7-11)14(15,16)17/h4-8,12H,1-3H3. The van der Waals surface area contributed by atoms with Crippen molar-refractivity contribution in [3.8, 4) is 0 Å². The van der Waals surface area contributed by atoms with Crippen molar-refractivity contribution in [2.24, 2.45) is 16.9 Å². The Morgan fingerprint density at radius 2 is 1.75 bits per heavy atom. The molecule has 108 valence electrons. The summed E-state index contributed by atoms with van der Waals surface area (Å²) in [6, 6.07) is 4.44. The fourth-order valence-corrected chi connectivity index (χ4v) is 2.32. The molecule has 6 heteroatoms. The summed E-state index contributed by atoms with van der Waals surface area (Å²) in [5.74, 6) is -0.403. The van der Waals surface area contributed by atoms with Crippen molar-refractivity contribution in [2.75, 3.05) is 5.01 Å². The SMILES string of the molecule is CC1=NN(c2ccc(C(F)(F)F)cc2)C(=O)C1C(C)C. The maximum absolute atomic E-state index is 12.5. The first-order chi connectivity index (χ1) is 9.21. The second kappa shape index (κ2) is 4.92. The first kappa shape index (κ1) is 14.6. The summed E-state index contributed by atoms with van der Waals surface area (Å²) in [7, 11) is 0. The van der Waals surface area contributed by atoms with Gasteiger partial charge in [-0.1, -0.05) is 13.8 Å². The van der Waals surface area contributed by atoms with E-state index in [0.717, 1.165) is 12.1 Å². The van der Waals surface area contributed by atoms with Crippen LogP contribution in [0.5, 0.6) is 0 Å². The summed E-state index contributed by atoms with van der Waals surface area (Å²) in [6.45, 7) is 5.59. The molecule has 1 heterocycles. The van der Waals surface area contributed by atoms with Gasteiger partial charge in [0.25, 0.3) is 5.91 Å². The number of benzene rings is 1. The number of carbonyl (C=O) groups is 1. The number of anilines is 1. The van der Waals surface area contributed by atoms with Crippen LogP contribution in [0.15, 0.2) is 29.4 Å². The number of carbonyl (C=O) groups excluding carboxylic acids is 1. The number of amides is 1. The summed E-state index contributed by atoms with van der Waals surface area (Å²) in [5, 5.41) is 5.33. The van der Waals surface area contributed by atoms with E-state index in [0.29, 0.717) is 11.4 Å². The lowest BCUT2D eigenvalue weighted by Gasteiger charge is -2.17. The second-order valence-corrected chi connectivity index (χ2v) is 5.16. The van der Waals surface area contributed by atoms with Gasteiger partial charge in [-0.15, -0.1) is 0 Å². The molecular weight excluding hydrogens is 269 g/mol. The van der Waals surface area contributed by atoms with Gasteiger partial charge in [-0.25, -0.2) is 5.01 Å². The van der Waals surface area contributed by atoms with Gasteiger partial charge in [-0.3, -0.25) is 4.79 Å². The lowest BCUT2D eigenvalue weighted by molar-refractivity contribution is -0.137. The van der Waals surface area contributed by atoms with Crippen LogP contribution in [0.25, 0.3) is 0 Å². The van der Waals surface area contributed by atoms with Crippen LogP contribution in [0.3, 0.4) is 0 Å². The van der Waals surface area contributed by atoms with Crippen LogP contribution >= 0.6 is 0 Å². The van der Waals surface area contributed by atoms with Crippen LogP contribution in [0.1, 0.15) is 26.3 Å². The molecule has 0 spiro atoms. The Balaban J connectivity index is 2.28. The average molecular weight is 284 g/mol. The molecular formula is C14H15F3N2O. The van der Waals surface area contributed by atoms with Gasteiger partial charge in [0.1, 0.15) is 0 Å². The van der Waals surface area contributed by atoms with E-state index in [1.807, 2.05) is 13.8 Å². The molecule has 3 nitrogen and oxygen atoms in total. The van der Waals surface area contributed by atoms with Gasteiger partial charge in [0.2, 0.25) is 0 Å². The normalized spacial score (nSPS) is 19.8. The zero-order valence-corrected chi connectivity index (χ0v) is 11.4.